The summed E-state index contributed by atoms with van der Waals surface area (Å²) in [6.45, 7) is 4.09. The fraction of sp³-hybridized carbons (Fsp3) is 0.263. The predicted octanol–water partition coefficient (Wildman–Crippen LogP) is 3.85. The first-order valence-corrected chi connectivity index (χ1v) is 8.76. The van der Waals surface area contributed by atoms with Crippen molar-refractivity contribution in [2.24, 2.45) is 0 Å². The van der Waals surface area contributed by atoms with Gasteiger partial charge in [0, 0.05) is 22.7 Å². The standard InChI is InChI=1S/C19H19ClN4O3/c1-11(2)19-23-17(24-27-19)10-22-18(25)12-4-6-15(21-9-12)14-8-13(20)5-7-16(14)26-3/h4-9,11H,10H2,1-3H3,(H,22,25). The molecule has 0 spiro atoms. The third kappa shape index (κ3) is 4.43. The second-order valence-corrected chi connectivity index (χ2v) is 6.60. The second-order valence-electron chi connectivity index (χ2n) is 6.16. The van der Waals surface area contributed by atoms with Crippen molar-refractivity contribution in [3.8, 4) is 17.0 Å². The van der Waals surface area contributed by atoms with E-state index in [-0.39, 0.29) is 18.4 Å². The monoisotopic (exact) mass is 386 g/mol. The minimum Gasteiger partial charge on any atom is -0.496 e. The van der Waals surface area contributed by atoms with Gasteiger partial charge in [-0.2, -0.15) is 4.98 Å². The first kappa shape index (κ1) is 18.8. The zero-order chi connectivity index (χ0) is 19.4. The van der Waals surface area contributed by atoms with Crippen LogP contribution in [-0.4, -0.2) is 28.1 Å². The molecule has 0 aliphatic rings. The molecule has 0 radical (unpaired) electrons. The van der Waals surface area contributed by atoms with E-state index in [1.54, 1.807) is 37.4 Å². The van der Waals surface area contributed by atoms with Crippen LogP contribution in [0.1, 0.15) is 41.8 Å². The molecule has 1 amide bonds. The molecule has 1 N–H and O–H groups in total. The van der Waals surface area contributed by atoms with Crippen molar-refractivity contribution < 1.29 is 14.1 Å². The molecule has 2 aromatic heterocycles. The van der Waals surface area contributed by atoms with Gasteiger partial charge in [-0.1, -0.05) is 30.6 Å². The summed E-state index contributed by atoms with van der Waals surface area (Å²) in [6.07, 6.45) is 1.50. The average molecular weight is 387 g/mol. The van der Waals surface area contributed by atoms with Crippen molar-refractivity contribution in [1.29, 1.82) is 0 Å². The Hall–Kier alpha value is -2.93. The molecule has 0 atom stereocenters. The average Bonchev–Trinajstić information content (AvgIpc) is 3.15. The van der Waals surface area contributed by atoms with E-state index in [4.69, 9.17) is 20.9 Å². The molecule has 1 aromatic carbocycles. The highest BCUT2D eigenvalue weighted by molar-refractivity contribution is 6.30. The summed E-state index contributed by atoms with van der Waals surface area (Å²) in [4.78, 5) is 20.9. The van der Waals surface area contributed by atoms with Gasteiger partial charge in [0.05, 0.1) is 24.9 Å². The molecule has 8 heteroatoms. The second kappa shape index (κ2) is 8.18. The van der Waals surface area contributed by atoms with E-state index in [1.807, 2.05) is 13.8 Å². The number of aromatic nitrogens is 3. The van der Waals surface area contributed by atoms with E-state index >= 15 is 0 Å². The molecule has 7 nitrogen and oxygen atoms in total. The highest BCUT2D eigenvalue weighted by Gasteiger charge is 2.13. The number of ether oxygens (including phenoxy) is 1. The molecule has 0 saturated carbocycles. The number of carbonyl (C=O) groups is 1. The molecular formula is C19H19ClN4O3. The summed E-state index contributed by atoms with van der Waals surface area (Å²) in [5, 5.41) is 7.17. The van der Waals surface area contributed by atoms with Crippen LogP contribution in [-0.2, 0) is 6.54 Å². The summed E-state index contributed by atoms with van der Waals surface area (Å²) in [7, 11) is 1.58. The molecular weight excluding hydrogens is 368 g/mol. The molecule has 140 valence electrons. The zero-order valence-electron chi connectivity index (χ0n) is 15.2. The lowest BCUT2D eigenvalue weighted by Gasteiger charge is -2.09. The molecule has 2 heterocycles. The van der Waals surface area contributed by atoms with Crippen molar-refractivity contribution in [1.82, 2.24) is 20.4 Å². The van der Waals surface area contributed by atoms with Crippen LogP contribution < -0.4 is 10.1 Å². The SMILES string of the molecule is COc1ccc(Cl)cc1-c1ccc(C(=O)NCc2noc(C(C)C)n2)cn1. The number of pyridine rings is 1. The van der Waals surface area contributed by atoms with Crippen LogP contribution in [0.4, 0.5) is 0 Å². The van der Waals surface area contributed by atoms with E-state index in [0.29, 0.717) is 33.7 Å². The molecule has 3 rings (SSSR count). The smallest absolute Gasteiger partial charge is 0.253 e. The number of nitrogens with one attached hydrogen (secondary N) is 1. The number of hydrogen-bond acceptors (Lipinski definition) is 6. The first-order valence-electron chi connectivity index (χ1n) is 8.38. The Labute approximate surface area is 161 Å². The number of benzene rings is 1. The van der Waals surface area contributed by atoms with E-state index in [0.717, 1.165) is 5.56 Å². The highest BCUT2D eigenvalue weighted by atomic mass is 35.5. The molecule has 0 aliphatic carbocycles. The van der Waals surface area contributed by atoms with Crippen molar-refractivity contribution in [2.75, 3.05) is 7.11 Å². The quantitative estimate of drug-likeness (QED) is 0.692. The van der Waals surface area contributed by atoms with Crippen molar-refractivity contribution in [3.63, 3.8) is 0 Å². The van der Waals surface area contributed by atoms with Crippen molar-refractivity contribution in [3.05, 3.63) is 58.8 Å². The maximum absolute atomic E-state index is 12.3. The van der Waals surface area contributed by atoms with Crippen LogP contribution in [0.15, 0.2) is 41.1 Å². The van der Waals surface area contributed by atoms with E-state index in [1.165, 1.54) is 6.20 Å². The van der Waals surface area contributed by atoms with Gasteiger partial charge in [0.15, 0.2) is 5.82 Å². The Morgan fingerprint density at radius 1 is 1.30 bits per heavy atom. The van der Waals surface area contributed by atoms with Crippen molar-refractivity contribution in [2.45, 2.75) is 26.3 Å². The fourth-order valence-electron chi connectivity index (χ4n) is 2.40. The van der Waals surface area contributed by atoms with Crippen LogP contribution in [0.3, 0.4) is 0 Å². The van der Waals surface area contributed by atoms with E-state index in [2.05, 4.69) is 20.4 Å². The third-order valence-corrected chi connectivity index (χ3v) is 4.08. The number of nitrogens with zero attached hydrogens (tertiary/aromatic N) is 3. The zero-order valence-corrected chi connectivity index (χ0v) is 15.9. The number of methoxy groups -OCH3 is 1. The maximum atomic E-state index is 12.3. The van der Waals surface area contributed by atoms with Gasteiger partial charge in [0.25, 0.3) is 5.91 Å². The largest absolute Gasteiger partial charge is 0.496 e. The Kier molecular flexibility index (Phi) is 5.71. The van der Waals surface area contributed by atoms with Crippen LogP contribution >= 0.6 is 11.6 Å². The number of carbonyl (C=O) groups excluding carboxylic acids is 1. The molecule has 3 aromatic rings. The lowest BCUT2D eigenvalue weighted by molar-refractivity contribution is 0.0949. The van der Waals surface area contributed by atoms with Gasteiger partial charge >= 0.3 is 0 Å². The molecule has 27 heavy (non-hydrogen) atoms. The molecule has 0 aliphatic heterocycles. The fourth-order valence-corrected chi connectivity index (χ4v) is 2.58. The van der Waals surface area contributed by atoms with Gasteiger partial charge in [-0.15, -0.1) is 0 Å². The van der Waals surface area contributed by atoms with Gasteiger partial charge in [0.1, 0.15) is 5.75 Å². The van der Waals surface area contributed by atoms with Crippen LogP contribution in [0.2, 0.25) is 5.02 Å². The summed E-state index contributed by atoms with van der Waals surface area (Å²) in [6, 6.07) is 8.72. The Morgan fingerprint density at radius 3 is 2.74 bits per heavy atom. The number of hydrogen-bond donors (Lipinski definition) is 1. The summed E-state index contributed by atoms with van der Waals surface area (Å²) in [5.74, 6) is 1.49. The van der Waals surface area contributed by atoms with Crippen LogP contribution in [0, 0.1) is 0 Å². The lowest BCUT2D eigenvalue weighted by Crippen LogP contribution is -2.23. The third-order valence-electron chi connectivity index (χ3n) is 3.85. The summed E-state index contributed by atoms with van der Waals surface area (Å²) >= 11 is 6.06. The van der Waals surface area contributed by atoms with E-state index in [9.17, 15) is 4.79 Å². The first-order chi connectivity index (χ1) is 13.0. The lowest BCUT2D eigenvalue weighted by atomic mass is 10.1. The predicted molar refractivity (Wildman–Crippen MR) is 101 cm³/mol. The Balaban J connectivity index is 1.69. The van der Waals surface area contributed by atoms with Crippen molar-refractivity contribution >= 4 is 17.5 Å². The molecule has 0 unspecified atom stereocenters. The Morgan fingerprint density at radius 2 is 2.11 bits per heavy atom. The van der Waals surface area contributed by atoms with Gasteiger partial charge in [-0.05, 0) is 30.3 Å². The normalized spacial score (nSPS) is 10.9. The molecule has 0 fully saturated rings. The summed E-state index contributed by atoms with van der Waals surface area (Å²) in [5.41, 5.74) is 1.84. The highest BCUT2D eigenvalue weighted by Crippen LogP contribution is 2.31. The minimum atomic E-state index is -0.275. The van der Waals surface area contributed by atoms with E-state index < -0.39 is 0 Å². The minimum absolute atomic E-state index is 0.141. The topological polar surface area (TPSA) is 90.1 Å². The maximum Gasteiger partial charge on any atom is 0.253 e. The number of halogens is 1. The van der Waals surface area contributed by atoms with Crippen LogP contribution in [0.25, 0.3) is 11.3 Å². The molecule has 0 bridgehead atoms. The van der Waals surface area contributed by atoms with Crippen LogP contribution in [0.5, 0.6) is 5.75 Å². The summed E-state index contributed by atoms with van der Waals surface area (Å²) < 4.78 is 10.5. The van der Waals surface area contributed by atoms with Gasteiger partial charge < -0.3 is 14.6 Å². The number of rotatable bonds is 6. The molecule has 0 saturated heterocycles. The van der Waals surface area contributed by atoms with Gasteiger partial charge in [-0.25, -0.2) is 0 Å². The van der Waals surface area contributed by atoms with Gasteiger partial charge in [0.2, 0.25) is 5.89 Å². The number of amides is 1. The van der Waals surface area contributed by atoms with Gasteiger partial charge in [-0.3, -0.25) is 9.78 Å². The Bertz CT molecular complexity index is 938.